The fourth-order valence-electron chi connectivity index (χ4n) is 0.571. The summed E-state index contributed by atoms with van der Waals surface area (Å²) in [4.78, 5) is 1.30. The first kappa shape index (κ1) is 10.8. The zero-order chi connectivity index (χ0) is 6.69. The van der Waals surface area contributed by atoms with E-state index in [9.17, 15) is 0 Å². The monoisotopic (exact) mass is 226 g/mol. The summed E-state index contributed by atoms with van der Waals surface area (Å²) in [6, 6.07) is 8.28. The van der Waals surface area contributed by atoms with Crippen LogP contribution in [-0.4, -0.2) is 29.3 Å². The molecule has 48 valence electrons. The van der Waals surface area contributed by atoms with Crippen LogP contribution in [0.15, 0.2) is 33.6 Å². The van der Waals surface area contributed by atoms with Gasteiger partial charge in [0, 0.05) is 9.37 Å². The van der Waals surface area contributed by atoms with Crippen LogP contribution in [0.4, 0.5) is 0 Å². The first-order chi connectivity index (χ1) is 4.33. The molecule has 3 heteroatoms. The third kappa shape index (κ3) is 3.28. The van der Waals surface area contributed by atoms with Crippen LogP contribution in [0.5, 0.6) is 0 Å². The molecule has 0 heterocycles. The van der Waals surface area contributed by atoms with Crippen molar-refractivity contribution in [3.8, 4) is 0 Å². The van der Waals surface area contributed by atoms with Gasteiger partial charge in [0.05, 0.1) is 0 Å². The predicted octanol–water partition coefficient (Wildman–Crippen LogP) is 2.79. The molecular weight excluding hydrogens is 220 g/mol. The van der Waals surface area contributed by atoms with Crippen LogP contribution in [0.1, 0.15) is 0 Å². The molecule has 1 rings (SSSR count). The van der Waals surface area contributed by atoms with E-state index in [1.165, 1.54) is 4.90 Å². The van der Waals surface area contributed by atoms with Crippen LogP contribution in [-0.2, 0) is 0 Å². The van der Waals surface area contributed by atoms with Crippen LogP contribution >= 0.6 is 27.7 Å². The van der Waals surface area contributed by atoms with Crippen molar-refractivity contribution in [2.24, 2.45) is 0 Å². The molecule has 1 aromatic carbocycles. The third-order valence-electron chi connectivity index (χ3n) is 1.05. The Hall–Kier alpha value is 0.816. The van der Waals surface area contributed by atoms with Crippen molar-refractivity contribution in [3.05, 3.63) is 28.7 Å². The SMILES string of the molecule is CSc1ccc(Br)cc1.[Mg+2]. The van der Waals surface area contributed by atoms with E-state index in [-0.39, 0.29) is 23.1 Å². The molecule has 0 nitrogen and oxygen atoms in total. The van der Waals surface area contributed by atoms with Crippen LogP contribution in [0.3, 0.4) is 0 Å². The Morgan fingerprint density at radius 1 is 1.20 bits per heavy atom. The van der Waals surface area contributed by atoms with E-state index < -0.39 is 0 Å². The Morgan fingerprint density at radius 3 is 2.10 bits per heavy atom. The molecule has 1 aromatic rings. The summed E-state index contributed by atoms with van der Waals surface area (Å²) in [7, 11) is 0. The van der Waals surface area contributed by atoms with Crippen molar-refractivity contribution >= 4 is 50.7 Å². The molecule has 0 saturated carbocycles. The molecule has 0 amide bonds. The van der Waals surface area contributed by atoms with E-state index >= 15 is 0 Å². The van der Waals surface area contributed by atoms with Gasteiger partial charge in [-0.25, -0.2) is 0 Å². The fraction of sp³-hybridized carbons (Fsp3) is 0.143. The molecule has 0 atom stereocenters. The van der Waals surface area contributed by atoms with Gasteiger partial charge in [0.15, 0.2) is 0 Å². The summed E-state index contributed by atoms with van der Waals surface area (Å²) >= 11 is 5.12. The number of rotatable bonds is 1. The Labute approximate surface area is 90.1 Å². The van der Waals surface area contributed by atoms with Crippen molar-refractivity contribution in [2.75, 3.05) is 6.26 Å². The number of halogens is 1. The third-order valence-corrected chi connectivity index (χ3v) is 2.32. The Morgan fingerprint density at radius 2 is 1.70 bits per heavy atom. The average Bonchev–Trinajstić information content (AvgIpc) is 1.90. The number of benzene rings is 1. The van der Waals surface area contributed by atoms with Gasteiger partial charge in [-0.1, -0.05) is 15.9 Å². The maximum atomic E-state index is 3.37. The van der Waals surface area contributed by atoms with E-state index in [0.29, 0.717) is 0 Å². The molecule has 0 fully saturated rings. The minimum atomic E-state index is 0. The van der Waals surface area contributed by atoms with E-state index in [2.05, 4.69) is 34.3 Å². The quantitative estimate of drug-likeness (QED) is 0.525. The number of thioether (sulfide) groups is 1. The molecule has 0 spiro atoms. The van der Waals surface area contributed by atoms with Gasteiger partial charge in [0.2, 0.25) is 0 Å². The van der Waals surface area contributed by atoms with Crippen molar-refractivity contribution in [1.29, 1.82) is 0 Å². The predicted molar refractivity (Wildman–Crippen MR) is 51.7 cm³/mol. The molecule has 0 aliphatic carbocycles. The van der Waals surface area contributed by atoms with Gasteiger partial charge in [-0.05, 0) is 30.5 Å². The summed E-state index contributed by atoms with van der Waals surface area (Å²) < 4.78 is 1.14. The van der Waals surface area contributed by atoms with Gasteiger partial charge in [-0.2, -0.15) is 0 Å². The van der Waals surface area contributed by atoms with Crippen LogP contribution in [0.25, 0.3) is 0 Å². The number of hydrogen-bond acceptors (Lipinski definition) is 1. The minimum absolute atomic E-state index is 0. The first-order valence-corrected chi connectivity index (χ1v) is 4.64. The second-order valence-electron chi connectivity index (χ2n) is 1.66. The van der Waals surface area contributed by atoms with Gasteiger partial charge in [0.25, 0.3) is 0 Å². The van der Waals surface area contributed by atoms with E-state index in [4.69, 9.17) is 0 Å². The summed E-state index contributed by atoms with van der Waals surface area (Å²) in [6.07, 6.45) is 2.07. The Kier molecular flexibility index (Phi) is 5.91. The maximum absolute atomic E-state index is 3.37. The minimum Gasteiger partial charge on any atom is -0.130 e. The fourth-order valence-corrected chi connectivity index (χ4v) is 1.24. The Bertz CT molecular complexity index is 185. The van der Waals surface area contributed by atoms with Gasteiger partial charge < -0.3 is 0 Å². The van der Waals surface area contributed by atoms with Gasteiger partial charge >= 0.3 is 23.1 Å². The number of hydrogen-bond donors (Lipinski definition) is 0. The second-order valence-corrected chi connectivity index (χ2v) is 3.45. The first-order valence-electron chi connectivity index (χ1n) is 2.62. The molecule has 0 bridgehead atoms. The van der Waals surface area contributed by atoms with Crippen molar-refractivity contribution in [2.45, 2.75) is 4.90 Å². The van der Waals surface area contributed by atoms with E-state index in [1.807, 2.05) is 12.1 Å². The summed E-state index contributed by atoms with van der Waals surface area (Å²) in [6.45, 7) is 0. The van der Waals surface area contributed by atoms with Crippen molar-refractivity contribution in [1.82, 2.24) is 0 Å². The molecule has 0 aromatic heterocycles. The van der Waals surface area contributed by atoms with Crippen molar-refractivity contribution < 1.29 is 0 Å². The summed E-state index contributed by atoms with van der Waals surface area (Å²) in [5.41, 5.74) is 0. The standard InChI is InChI=1S/C7H7BrS.Mg/c1-9-7-4-2-6(8)3-5-7;/h2-5H,1H3;/q;+2. The largest absolute Gasteiger partial charge is 2.00 e. The average molecular weight is 227 g/mol. The molecule has 0 unspecified atom stereocenters. The Balaban J connectivity index is 0.000000810. The normalized spacial score (nSPS) is 8.60. The zero-order valence-corrected chi connectivity index (χ0v) is 9.62. The van der Waals surface area contributed by atoms with E-state index in [0.717, 1.165) is 4.47 Å². The van der Waals surface area contributed by atoms with Crippen LogP contribution in [0, 0.1) is 0 Å². The topological polar surface area (TPSA) is 0 Å². The van der Waals surface area contributed by atoms with Crippen LogP contribution < -0.4 is 0 Å². The van der Waals surface area contributed by atoms with Gasteiger partial charge in [0.1, 0.15) is 0 Å². The van der Waals surface area contributed by atoms with Gasteiger partial charge in [-0.15, -0.1) is 11.8 Å². The molecule has 0 saturated heterocycles. The molecule has 0 radical (unpaired) electrons. The molecule has 10 heavy (non-hydrogen) atoms. The van der Waals surface area contributed by atoms with Crippen LogP contribution in [0.2, 0.25) is 0 Å². The maximum Gasteiger partial charge on any atom is 2.00 e. The van der Waals surface area contributed by atoms with E-state index in [1.54, 1.807) is 11.8 Å². The second kappa shape index (κ2) is 5.46. The summed E-state index contributed by atoms with van der Waals surface area (Å²) in [5, 5.41) is 0. The van der Waals surface area contributed by atoms with Gasteiger partial charge in [-0.3, -0.25) is 0 Å². The smallest absolute Gasteiger partial charge is 0.130 e. The summed E-state index contributed by atoms with van der Waals surface area (Å²) in [5.74, 6) is 0. The zero-order valence-electron chi connectivity index (χ0n) is 5.80. The molecule has 0 aliphatic rings. The molecular formula is C7H7BrMgS+2. The van der Waals surface area contributed by atoms with Crippen molar-refractivity contribution in [3.63, 3.8) is 0 Å². The molecule has 0 aliphatic heterocycles. The molecule has 0 N–H and O–H groups in total.